The summed E-state index contributed by atoms with van der Waals surface area (Å²) in [6.45, 7) is 8.57. The molecule has 1 amide bonds. The highest BCUT2D eigenvalue weighted by atomic mass is 16.7. The van der Waals surface area contributed by atoms with E-state index in [1.165, 1.54) is 0 Å². The lowest BCUT2D eigenvalue weighted by Gasteiger charge is -2.19. The minimum atomic E-state index is -0.269. The van der Waals surface area contributed by atoms with E-state index in [0.29, 0.717) is 26.3 Å². The van der Waals surface area contributed by atoms with E-state index in [1.807, 2.05) is 20.8 Å². The molecule has 0 fully saturated rings. The summed E-state index contributed by atoms with van der Waals surface area (Å²) in [5.41, 5.74) is 0. The molecule has 0 rings (SSSR count). The molecule has 0 aromatic carbocycles. The van der Waals surface area contributed by atoms with E-state index in [0.717, 1.165) is 6.54 Å². The molecule has 1 N–H and O–H groups in total. The third kappa shape index (κ3) is 6.76. The molecule has 96 valence electrons. The number of likely N-dealkylation sites (N-methyl/N-ethyl adjacent to an activating group) is 1. The van der Waals surface area contributed by atoms with E-state index in [2.05, 4.69) is 5.32 Å². The van der Waals surface area contributed by atoms with Gasteiger partial charge in [0.05, 0.1) is 6.54 Å². The lowest BCUT2D eigenvalue weighted by atomic mass is 10.4. The minimum absolute atomic E-state index is 0.0780. The lowest BCUT2D eigenvalue weighted by molar-refractivity contribution is -0.136. The molecular weight excluding hydrogens is 208 g/mol. The number of carbonyl (C=O) groups excluding carboxylic acids is 1. The first-order chi connectivity index (χ1) is 7.65. The van der Waals surface area contributed by atoms with Gasteiger partial charge in [-0.1, -0.05) is 0 Å². The summed E-state index contributed by atoms with van der Waals surface area (Å²) in [6, 6.07) is 0. The number of carbonyl (C=O) groups is 1. The Labute approximate surface area is 98.1 Å². The van der Waals surface area contributed by atoms with E-state index < -0.39 is 0 Å². The highest BCUT2D eigenvalue weighted by molar-refractivity contribution is 5.77. The summed E-state index contributed by atoms with van der Waals surface area (Å²) >= 11 is 0. The first-order valence-electron chi connectivity index (χ1n) is 5.83. The molecule has 0 spiro atoms. The van der Waals surface area contributed by atoms with Crippen molar-refractivity contribution in [3.8, 4) is 0 Å². The Balaban J connectivity index is 3.71. The van der Waals surface area contributed by atoms with Crippen molar-refractivity contribution in [2.24, 2.45) is 0 Å². The molecule has 5 nitrogen and oxygen atoms in total. The summed E-state index contributed by atoms with van der Waals surface area (Å²) in [4.78, 5) is 13.1. The Morgan fingerprint density at radius 3 is 2.25 bits per heavy atom. The van der Waals surface area contributed by atoms with Gasteiger partial charge in [0, 0.05) is 33.4 Å². The highest BCUT2D eigenvalue weighted by Gasteiger charge is 2.10. The maximum Gasteiger partial charge on any atom is 0.236 e. The summed E-state index contributed by atoms with van der Waals surface area (Å²) in [5.74, 6) is 0.0780. The number of ether oxygens (including phenoxy) is 2. The molecule has 5 heteroatoms. The van der Waals surface area contributed by atoms with Gasteiger partial charge in [-0.15, -0.1) is 0 Å². The lowest BCUT2D eigenvalue weighted by Crippen LogP contribution is -2.39. The minimum Gasteiger partial charge on any atom is -0.352 e. The first kappa shape index (κ1) is 15.3. The molecule has 0 saturated heterocycles. The summed E-state index contributed by atoms with van der Waals surface area (Å²) in [5, 5.41) is 3.03. The van der Waals surface area contributed by atoms with Crippen LogP contribution in [0.25, 0.3) is 0 Å². The maximum atomic E-state index is 11.5. The van der Waals surface area contributed by atoms with Crippen LogP contribution in [0.5, 0.6) is 0 Å². The molecule has 0 aromatic heterocycles. The van der Waals surface area contributed by atoms with Crippen LogP contribution in [0, 0.1) is 0 Å². The van der Waals surface area contributed by atoms with Crippen molar-refractivity contribution < 1.29 is 14.3 Å². The van der Waals surface area contributed by atoms with Crippen molar-refractivity contribution in [2.45, 2.75) is 27.1 Å². The van der Waals surface area contributed by atoms with Gasteiger partial charge < -0.3 is 19.7 Å². The smallest absolute Gasteiger partial charge is 0.236 e. The number of hydrogen-bond donors (Lipinski definition) is 1. The van der Waals surface area contributed by atoms with Crippen molar-refractivity contribution in [1.82, 2.24) is 10.2 Å². The van der Waals surface area contributed by atoms with E-state index in [1.54, 1.807) is 11.9 Å². The van der Waals surface area contributed by atoms with Gasteiger partial charge in [0.2, 0.25) is 5.91 Å². The Kier molecular flexibility index (Phi) is 9.18. The topological polar surface area (TPSA) is 50.8 Å². The molecule has 0 aliphatic rings. The zero-order valence-corrected chi connectivity index (χ0v) is 10.8. The molecule has 0 aromatic rings. The van der Waals surface area contributed by atoms with Crippen LogP contribution >= 0.6 is 0 Å². The van der Waals surface area contributed by atoms with Gasteiger partial charge in [-0.25, -0.2) is 0 Å². The Hall–Kier alpha value is -0.650. The molecule has 0 atom stereocenters. The van der Waals surface area contributed by atoms with E-state index in [-0.39, 0.29) is 12.2 Å². The number of nitrogens with one attached hydrogen (secondary N) is 1. The molecule has 0 heterocycles. The summed E-state index contributed by atoms with van der Waals surface area (Å²) < 4.78 is 10.7. The van der Waals surface area contributed by atoms with Crippen molar-refractivity contribution in [1.29, 1.82) is 0 Å². The molecule has 0 aliphatic carbocycles. The molecular formula is C11H24N2O3. The monoisotopic (exact) mass is 232 g/mol. The first-order valence-corrected chi connectivity index (χ1v) is 5.83. The Morgan fingerprint density at radius 2 is 1.81 bits per heavy atom. The molecule has 0 radical (unpaired) electrons. The van der Waals surface area contributed by atoms with Crippen molar-refractivity contribution in [3.05, 3.63) is 0 Å². The van der Waals surface area contributed by atoms with Crippen LogP contribution in [0.2, 0.25) is 0 Å². The third-order valence-corrected chi connectivity index (χ3v) is 2.19. The van der Waals surface area contributed by atoms with Crippen LogP contribution in [0.3, 0.4) is 0 Å². The molecule has 16 heavy (non-hydrogen) atoms. The number of nitrogens with zero attached hydrogens (tertiary/aromatic N) is 1. The molecule has 0 unspecified atom stereocenters. The van der Waals surface area contributed by atoms with Gasteiger partial charge in [-0.2, -0.15) is 0 Å². The van der Waals surface area contributed by atoms with E-state index in [4.69, 9.17) is 9.47 Å². The number of hydrogen-bond acceptors (Lipinski definition) is 4. The fourth-order valence-electron chi connectivity index (χ4n) is 1.15. The van der Waals surface area contributed by atoms with E-state index >= 15 is 0 Å². The Morgan fingerprint density at radius 1 is 1.25 bits per heavy atom. The van der Waals surface area contributed by atoms with Gasteiger partial charge >= 0.3 is 0 Å². The average molecular weight is 232 g/mol. The van der Waals surface area contributed by atoms with Crippen LogP contribution < -0.4 is 5.32 Å². The zero-order valence-electron chi connectivity index (χ0n) is 10.8. The molecule has 0 saturated carbocycles. The second-order valence-corrected chi connectivity index (χ2v) is 3.38. The van der Waals surface area contributed by atoms with Gasteiger partial charge in [0.1, 0.15) is 0 Å². The number of amides is 1. The van der Waals surface area contributed by atoms with Gasteiger partial charge in [-0.05, 0) is 20.8 Å². The van der Waals surface area contributed by atoms with Crippen molar-refractivity contribution in [3.63, 3.8) is 0 Å². The van der Waals surface area contributed by atoms with Crippen LogP contribution in [0.4, 0.5) is 0 Å². The fourth-order valence-corrected chi connectivity index (χ4v) is 1.15. The van der Waals surface area contributed by atoms with E-state index in [9.17, 15) is 4.79 Å². The normalized spacial score (nSPS) is 10.8. The maximum absolute atomic E-state index is 11.5. The van der Waals surface area contributed by atoms with Gasteiger partial charge in [0.15, 0.2) is 6.29 Å². The predicted molar refractivity (Wildman–Crippen MR) is 63.2 cm³/mol. The van der Waals surface area contributed by atoms with Crippen LogP contribution in [0.1, 0.15) is 20.8 Å². The van der Waals surface area contributed by atoms with Crippen molar-refractivity contribution in [2.75, 3.05) is 39.9 Å². The SMILES string of the molecule is CCOC(CNCC(=O)N(C)CC)OCC. The summed E-state index contributed by atoms with van der Waals surface area (Å²) in [6.07, 6.45) is -0.269. The predicted octanol–water partition coefficient (Wildman–Crippen LogP) is 0.453. The number of rotatable bonds is 9. The zero-order chi connectivity index (χ0) is 12.4. The summed E-state index contributed by atoms with van der Waals surface area (Å²) in [7, 11) is 1.78. The quantitative estimate of drug-likeness (QED) is 0.587. The van der Waals surface area contributed by atoms with Crippen LogP contribution in [0.15, 0.2) is 0 Å². The van der Waals surface area contributed by atoms with Crippen LogP contribution in [-0.2, 0) is 14.3 Å². The third-order valence-electron chi connectivity index (χ3n) is 2.19. The van der Waals surface area contributed by atoms with Crippen molar-refractivity contribution >= 4 is 5.91 Å². The highest BCUT2D eigenvalue weighted by Crippen LogP contribution is 1.93. The van der Waals surface area contributed by atoms with Gasteiger partial charge in [0.25, 0.3) is 0 Å². The second-order valence-electron chi connectivity index (χ2n) is 3.38. The van der Waals surface area contributed by atoms with Crippen LogP contribution in [-0.4, -0.2) is 57.0 Å². The second kappa shape index (κ2) is 9.57. The Bertz CT molecular complexity index is 182. The van der Waals surface area contributed by atoms with Gasteiger partial charge in [-0.3, -0.25) is 4.79 Å². The largest absolute Gasteiger partial charge is 0.352 e. The standard InChI is InChI=1S/C11H24N2O3/c1-5-13(4)10(14)8-12-9-11(15-6-2)16-7-3/h11-12H,5-9H2,1-4H3. The molecule has 0 aliphatic heterocycles. The molecule has 0 bridgehead atoms. The fraction of sp³-hybridized carbons (Fsp3) is 0.909. The average Bonchev–Trinajstić information content (AvgIpc) is 2.28.